The second kappa shape index (κ2) is 3.05. The van der Waals surface area contributed by atoms with Crippen LogP contribution in [0.3, 0.4) is 0 Å². The third-order valence-electron chi connectivity index (χ3n) is 2.12. The van der Waals surface area contributed by atoms with Gasteiger partial charge >= 0.3 is 5.89 Å². The third kappa shape index (κ3) is 1.47. The van der Waals surface area contributed by atoms with Gasteiger partial charge in [-0.25, -0.2) is 0 Å². The summed E-state index contributed by atoms with van der Waals surface area (Å²) in [6, 6.07) is 10.1. The van der Waals surface area contributed by atoms with Gasteiger partial charge in [0.1, 0.15) is 7.05 Å². The highest BCUT2D eigenvalue weighted by atomic mass is 16.4. The van der Waals surface area contributed by atoms with E-state index in [-0.39, 0.29) is 0 Å². The summed E-state index contributed by atoms with van der Waals surface area (Å²) in [5, 5.41) is 0. The molecule has 0 aliphatic rings. The van der Waals surface area contributed by atoms with Crippen molar-refractivity contribution in [3.8, 4) is 11.3 Å². The first-order chi connectivity index (χ1) is 6.27. The molecule has 0 fully saturated rings. The maximum absolute atomic E-state index is 5.56. The van der Waals surface area contributed by atoms with E-state index in [9.17, 15) is 0 Å². The summed E-state index contributed by atoms with van der Waals surface area (Å²) < 4.78 is 7.54. The number of benzene rings is 1. The van der Waals surface area contributed by atoms with E-state index in [1.54, 1.807) is 0 Å². The molecule has 2 nitrogen and oxygen atoms in total. The molecule has 0 N–H and O–H groups in total. The topological polar surface area (TPSA) is 17.0 Å². The fraction of sp³-hybridized carbons (Fsp3) is 0.182. The minimum atomic E-state index is 0.916. The molecule has 66 valence electrons. The van der Waals surface area contributed by atoms with E-state index >= 15 is 0 Å². The highest BCUT2D eigenvalue weighted by Crippen LogP contribution is 2.17. The van der Waals surface area contributed by atoms with Crippen LogP contribution in [0.15, 0.2) is 40.9 Å². The predicted octanol–water partition coefficient (Wildman–Crippen LogP) is 2.08. The number of aromatic nitrogens is 1. The van der Waals surface area contributed by atoms with Gasteiger partial charge in [-0.1, -0.05) is 30.3 Å². The minimum Gasteiger partial charge on any atom is -0.402 e. The molecule has 1 heterocycles. The zero-order valence-corrected chi connectivity index (χ0v) is 7.82. The number of aryl methyl sites for hydroxylation is 2. The molecular weight excluding hydrogens is 162 g/mol. The standard InChI is InChI=1S/C11H12NO/c1-9-12(2)8-11(13-9)10-6-4-3-5-7-10/h3-8H,1-2H3/q+1. The lowest BCUT2D eigenvalue weighted by molar-refractivity contribution is -0.681. The normalized spacial score (nSPS) is 10.3. The maximum atomic E-state index is 5.56. The second-order valence-electron chi connectivity index (χ2n) is 3.09. The Hall–Kier alpha value is -1.57. The van der Waals surface area contributed by atoms with Crippen molar-refractivity contribution in [1.29, 1.82) is 0 Å². The first-order valence-corrected chi connectivity index (χ1v) is 4.29. The molecule has 0 aliphatic carbocycles. The molecule has 0 saturated heterocycles. The van der Waals surface area contributed by atoms with Gasteiger partial charge in [-0.15, -0.1) is 0 Å². The monoisotopic (exact) mass is 174 g/mol. The van der Waals surface area contributed by atoms with E-state index in [1.165, 1.54) is 0 Å². The van der Waals surface area contributed by atoms with Crippen molar-refractivity contribution < 1.29 is 8.98 Å². The van der Waals surface area contributed by atoms with E-state index in [0.29, 0.717) is 0 Å². The van der Waals surface area contributed by atoms with Crippen LogP contribution in [0.5, 0.6) is 0 Å². The zero-order chi connectivity index (χ0) is 9.26. The fourth-order valence-corrected chi connectivity index (χ4v) is 1.26. The molecule has 2 rings (SSSR count). The van der Waals surface area contributed by atoms with Crippen LogP contribution in [0.25, 0.3) is 11.3 Å². The van der Waals surface area contributed by atoms with Crippen molar-refractivity contribution >= 4 is 0 Å². The fourth-order valence-electron chi connectivity index (χ4n) is 1.26. The Bertz CT molecular complexity index is 384. The van der Waals surface area contributed by atoms with Gasteiger partial charge in [0.2, 0.25) is 12.0 Å². The zero-order valence-electron chi connectivity index (χ0n) is 7.82. The first-order valence-electron chi connectivity index (χ1n) is 4.29. The molecule has 0 amide bonds. The molecule has 0 atom stereocenters. The lowest BCUT2D eigenvalue weighted by atomic mass is 10.2. The van der Waals surface area contributed by atoms with E-state index in [2.05, 4.69) is 0 Å². The summed E-state index contributed by atoms with van der Waals surface area (Å²) in [6.07, 6.45) is 1.99. The Morgan fingerprint density at radius 2 is 1.85 bits per heavy atom. The lowest BCUT2D eigenvalue weighted by Gasteiger charge is -1.89. The Balaban J connectivity index is 2.48. The Labute approximate surface area is 77.4 Å². The molecule has 0 radical (unpaired) electrons. The summed E-state index contributed by atoms with van der Waals surface area (Å²) >= 11 is 0. The van der Waals surface area contributed by atoms with Crippen molar-refractivity contribution in [2.45, 2.75) is 6.92 Å². The molecule has 0 aliphatic heterocycles. The third-order valence-corrected chi connectivity index (χ3v) is 2.12. The molecule has 1 aromatic heterocycles. The Morgan fingerprint density at radius 1 is 1.15 bits per heavy atom. The van der Waals surface area contributed by atoms with E-state index in [0.717, 1.165) is 17.2 Å². The lowest BCUT2D eigenvalue weighted by Crippen LogP contribution is -2.27. The average Bonchev–Trinajstić information content (AvgIpc) is 2.49. The predicted molar refractivity (Wildman–Crippen MR) is 50.1 cm³/mol. The number of nitrogens with zero attached hydrogens (tertiary/aromatic N) is 1. The second-order valence-corrected chi connectivity index (χ2v) is 3.09. The maximum Gasteiger partial charge on any atom is 0.344 e. The Morgan fingerprint density at radius 3 is 2.38 bits per heavy atom. The molecule has 0 saturated carbocycles. The van der Waals surface area contributed by atoms with Crippen molar-refractivity contribution in [2.75, 3.05) is 0 Å². The van der Waals surface area contributed by atoms with Crippen molar-refractivity contribution in [1.82, 2.24) is 0 Å². The first kappa shape index (κ1) is 8.05. The smallest absolute Gasteiger partial charge is 0.344 e. The molecular formula is C11H12NO+. The molecule has 0 unspecified atom stereocenters. The van der Waals surface area contributed by atoms with Gasteiger partial charge in [0.15, 0.2) is 0 Å². The molecule has 2 heteroatoms. The largest absolute Gasteiger partial charge is 0.402 e. The summed E-state index contributed by atoms with van der Waals surface area (Å²) in [5.74, 6) is 1.83. The van der Waals surface area contributed by atoms with Gasteiger partial charge in [-0.2, -0.15) is 4.57 Å². The van der Waals surface area contributed by atoms with Gasteiger partial charge in [-0.05, 0) is 0 Å². The van der Waals surface area contributed by atoms with E-state index < -0.39 is 0 Å². The quantitative estimate of drug-likeness (QED) is 0.605. The van der Waals surface area contributed by atoms with Gasteiger partial charge in [0.05, 0.1) is 6.92 Å². The van der Waals surface area contributed by atoms with Gasteiger partial charge in [-0.3, -0.25) is 0 Å². The van der Waals surface area contributed by atoms with Crippen LogP contribution in [-0.4, -0.2) is 0 Å². The van der Waals surface area contributed by atoms with Crippen LogP contribution in [0.4, 0.5) is 0 Å². The molecule has 0 bridgehead atoms. The molecule has 2 aromatic rings. The highest BCUT2D eigenvalue weighted by Gasteiger charge is 2.11. The molecule has 1 aromatic carbocycles. The van der Waals surface area contributed by atoms with Crippen LogP contribution in [0.1, 0.15) is 5.89 Å². The highest BCUT2D eigenvalue weighted by molar-refractivity contribution is 5.54. The number of hydrogen-bond donors (Lipinski definition) is 0. The van der Waals surface area contributed by atoms with Crippen LogP contribution in [-0.2, 0) is 7.05 Å². The van der Waals surface area contributed by atoms with Crippen LogP contribution < -0.4 is 4.57 Å². The van der Waals surface area contributed by atoms with Crippen molar-refractivity contribution in [3.05, 3.63) is 42.4 Å². The van der Waals surface area contributed by atoms with Gasteiger partial charge in [0.25, 0.3) is 0 Å². The summed E-state index contributed by atoms with van der Waals surface area (Å²) in [6.45, 7) is 1.95. The van der Waals surface area contributed by atoms with Crippen molar-refractivity contribution in [2.24, 2.45) is 7.05 Å². The summed E-state index contributed by atoms with van der Waals surface area (Å²) in [4.78, 5) is 0. The van der Waals surface area contributed by atoms with Crippen LogP contribution in [0, 0.1) is 6.92 Å². The summed E-state index contributed by atoms with van der Waals surface area (Å²) in [7, 11) is 1.98. The number of hydrogen-bond acceptors (Lipinski definition) is 1. The van der Waals surface area contributed by atoms with Crippen molar-refractivity contribution in [3.63, 3.8) is 0 Å². The van der Waals surface area contributed by atoms with Gasteiger partial charge < -0.3 is 4.42 Å². The van der Waals surface area contributed by atoms with Crippen LogP contribution in [0.2, 0.25) is 0 Å². The molecule has 0 spiro atoms. The Kier molecular flexibility index (Phi) is 1.89. The molecule has 13 heavy (non-hydrogen) atoms. The van der Waals surface area contributed by atoms with Crippen LogP contribution >= 0.6 is 0 Å². The van der Waals surface area contributed by atoms with E-state index in [4.69, 9.17) is 4.42 Å². The summed E-state index contributed by atoms with van der Waals surface area (Å²) in [5.41, 5.74) is 1.12. The number of oxazole rings is 1. The minimum absolute atomic E-state index is 0.916. The van der Waals surface area contributed by atoms with E-state index in [1.807, 2.05) is 55.1 Å². The van der Waals surface area contributed by atoms with Gasteiger partial charge in [0, 0.05) is 5.56 Å². The number of rotatable bonds is 1. The average molecular weight is 174 g/mol. The SMILES string of the molecule is Cc1oc(-c2ccccc2)c[n+]1C.